The Kier molecular flexibility index (Phi) is 3.28. The van der Waals surface area contributed by atoms with Gasteiger partial charge in [-0.1, -0.05) is 36.9 Å². The van der Waals surface area contributed by atoms with E-state index in [4.69, 9.17) is 4.42 Å². The number of rotatable bonds is 3. The molecule has 0 aliphatic rings. The molecule has 0 bridgehead atoms. The molecule has 0 aliphatic carbocycles. The van der Waals surface area contributed by atoms with Gasteiger partial charge in [-0.05, 0) is 24.3 Å². The van der Waals surface area contributed by atoms with Crippen molar-refractivity contribution < 1.29 is 13.8 Å². The van der Waals surface area contributed by atoms with Crippen LogP contribution in [0.15, 0.2) is 65.6 Å². The zero-order valence-corrected chi connectivity index (χ0v) is 11.7. The highest BCUT2D eigenvalue weighted by Gasteiger charge is 2.32. The Morgan fingerprint density at radius 1 is 1.14 bits per heavy atom. The molecule has 104 valence electrons. The SMILES string of the molecule is C=C[n+]1c(N(C(C)=O)c2ccccc2)oc2ccccc21. The van der Waals surface area contributed by atoms with Gasteiger partial charge in [-0.25, -0.2) is 4.79 Å². The molecule has 21 heavy (non-hydrogen) atoms. The molecular weight excluding hydrogens is 264 g/mol. The molecule has 0 radical (unpaired) electrons. The molecule has 0 atom stereocenters. The first kappa shape index (κ1) is 13.1. The first-order valence-electron chi connectivity index (χ1n) is 6.63. The third-order valence-electron chi connectivity index (χ3n) is 3.24. The second-order valence-corrected chi connectivity index (χ2v) is 4.59. The first-order chi connectivity index (χ1) is 10.2. The van der Waals surface area contributed by atoms with E-state index in [2.05, 4.69) is 6.58 Å². The number of benzene rings is 2. The second-order valence-electron chi connectivity index (χ2n) is 4.59. The Morgan fingerprint density at radius 2 is 1.81 bits per heavy atom. The lowest BCUT2D eigenvalue weighted by molar-refractivity contribution is -0.528. The molecule has 0 unspecified atom stereocenters. The zero-order chi connectivity index (χ0) is 14.8. The van der Waals surface area contributed by atoms with Crippen LogP contribution in [0.3, 0.4) is 0 Å². The van der Waals surface area contributed by atoms with Crippen LogP contribution in [0.5, 0.6) is 0 Å². The number of para-hydroxylation sites is 3. The Balaban J connectivity index is 2.25. The van der Waals surface area contributed by atoms with E-state index in [0.717, 1.165) is 11.2 Å². The third kappa shape index (κ3) is 2.21. The summed E-state index contributed by atoms with van der Waals surface area (Å²) in [4.78, 5) is 13.6. The van der Waals surface area contributed by atoms with Gasteiger partial charge in [0.15, 0.2) is 11.1 Å². The summed E-state index contributed by atoms with van der Waals surface area (Å²) in [5, 5.41) is 0. The summed E-state index contributed by atoms with van der Waals surface area (Å²) in [6, 6.07) is 17.4. The van der Waals surface area contributed by atoms with Crippen LogP contribution in [0.4, 0.5) is 11.7 Å². The molecule has 0 saturated carbocycles. The highest BCUT2D eigenvalue weighted by atomic mass is 16.4. The quantitative estimate of drug-likeness (QED) is 0.688. The monoisotopic (exact) mass is 279 g/mol. The number of carbonyl (C=O) groups excluding carboxylic acids is 1. The van der Waals surface area contributed by atoms with Crippen LogP contribution in [-0.4, -0.2) is 5.91 Å². The van der Waals surface area contributed by atoms with E-state index in [1.165, 1.54) is 11.8 Å². The topological polar surface area (TPSA) is 37.3 Å². The molecule has 2 aromatic carbocycles. The van der Waals surface area contributed by atoms with Gasteiger partial charge >= 0.3 is 11.9 Å². The minimum absolute atomic E-state index is 0.129. The van der Waals surface area contributed by atoms with Gasteiger partial charge < -0.3 is 4.42 Å². The standard InChI is InChI=1S/C17H15N2O2/c1-3-18-15-11-7-8-12-16(15)21-17(18)19(13(2)20)14-9-5-4-6-10-14/h3-12H,1H2,2H3/q+1. The fourth-order valence-electron chi connectivity index (χ4n) is 2.33. The predicted molar refractivity (Wildman–Crippen MR) is 82.1 cm³/mol. The lowest BCUT2D eigenvalue weighted by Gasteiger charge is -2.09. The number of amides is 1. The number of fused-ring (bicyclic) bond motifs is 1. The van der Waals surface area contributed by atoms with Crippen LogP contribution in [0.1, 0.15) is 6.92 Å². The Bertz CT molecular complexity index is 806. The number of hydrogen-bond donors (Lipinski definition) is 0. The average Bonchev–Trinajstić information content (AvgIpc) is 2.86. The Labute approximate surface area is 122 Å². The first-order valence-corrected chi connectivity index (χ1v) is 6.63. The van der Waals surface area contributed by atoms with Gasteiger partial charge in [-0.3, -0.25) is 0 Å². The maximum absolute atomic E-state index is 12.1. The fraction of sp³-hybridized carbons (Fsp3) is 0.0588. The van der Waals surface area contributed by atoms with Crippen molar-refractivity contribution in [3.63, 3.8) is 0 Å². The summed E-state index contributed by atoms with van der Waals surface area (Å²) in [7, 11) is 0. The third-order valence-corrected chi connectivity index (χ3v) is 3.24. The van der Waals surface area contributed by atoms with Crippen molar-refractivity contribution in [3.8, 4) is 0 Å². The molecule has 1 heterocycles. The van der Waals surface area contributed by atoms with E-state index in [1.54, 1.807) is 10.8 Å². The van der Waals surface area contributed by atoms with Gasteiger partial charge in [-0.15, -0.1) is 4.90 Å². The summed E-state index contributed by atoms with van der Waals surface area (Å²) < 4.78 is 7.63. The van der Waals surface area contributed by atoms with Crippen LogP contribution in [-0.2, 0) is 4.79 Å². The maximum atomic E-state index is 12.1. The van der Waals surface area contributed by atoms with Crippen molar-refractivity contribution in [2.75, 3.05) is 4.90 Å². The fourth-order valence-corrected chi connectivity index (χ4v) is 2.33. The van der Waals surface area contributed by atoms with E-state index >= 15 is 0 Å². The van der Waals surface area contributed by atoms with Crippen LogP contribution < -0.4 is 9.47 Å². The number of oxazole rings is 1. The average molecular weight is 279 g/mol. The lowest BCUT2D eigenvalue weighted by atomic mass is 10.3. The molecule has 4 nitrogen and oxygen atoms in total. The molecule has 0 aliphatic heterocycles. The number of hydrogen-bond acceptors (Lipinski definition) is 2. The molecule has 1 amide bonds. The van der Waals surface area contributed by atoms with Crippen LogP contribution >= 0.6 is 0 Å². The van der Waals surface area contributed by atoms with E-state index in [-0.39, 0.29) is 5.91 Å². The zero-order valence-electron chi connectivity index (χ0n) is 11.7. The summed E-state index contributed by atoms with van der Waals surface area (Å²) in [5.41, 5.74) is 2.32. The molecule has 3 aromatic rings. The highest BCUT2D eigenvalue weighted by Crippen LogP contribution is 2.27. The van der Waals surface area contributed by atoms with Crippen molar-refractivity contribution in [1.82, 2.24) is 0 Å². The van der Waals surface area contributed by atoms with Gasteiger partial charge in [0.2, 0.25) is 0 Å². The molecular formula is C17H15N2O2+. The summed E-state index contributed by atoms with van der Waals surface area (Å²) >= 11 is 0. The van der Waals surface area contributed by atoms with Crippen molar-refractivity contribution in [3.05, 3.63) is 61.2 Å². The molecule has 0 fully saturated rings. The molecule has 0 spiro atoms. The van der Waals surface area contributed by atoms with Crippen LogP contribution in [0.2, 0.25) is 0 Å². The minimum Gasteiger partial charge on any atom is -0.386 e. The van der Waals surface area contributed by atoms with Gasteiger partial charge in [0.1, 0.15) is 5.69 Å². The number of nitrogens with zero attached hydrogens (tertiary/aromatic N) is 2. The number of aromatic nitrogens is 1. The van der Waals surface area contributed by atoms with Gasteiger partial charge in [0.05, 0.1) is 6.20 Å². The smallest absolute Gasteiger partial charge is 0.386 e. The van der Waals surface area contributed by atoms with E-state index in [0.29, 0.717) is 11.6 Å². The van der Waals surface area contributed by atoms with Crippen molar-refractivity contribution in [2.24, 2.45) is 0 Å². The Hall–Kier alpha value is -2.88. The summed E-state index contributed by atoms with van der Waals surface area (Å²) in [6.07, 6.45) is 1.64. The van der Waals surface area contributed by atoms with E-state index in [1.807, 2.05) is 54.6 Å². The van der Waals surface area contributed by atoms with Crippen LogP contribution in [0.25, 0.3) is 17.3 Å². The predicted octanol–water partition coefficient (Wildman–Crippen LogP) is 3.51. The highest BCUT2D eigenvalue weighted by molar-refractivity contribution is 5.97. The molecule has 0 N–H and O–H groups in total. The van der Waals surface area contributed by atoms with E-state index in [9.17, 15) is 4.79 Å². The minimum atomic E-state index is -0.129. The Morgan fingerprint density at radius 3 is 2.48 bits per heavy atom. The maximum Gasteiger partial charge on any atom is 0.475 e. The largest absolute Gasteiger partial charge is 0.475 e. The van der Waals surface area contributed by atoms with Gasteiger partial charge in [0, 0.05) is 6.92 Å². The molecule has 3 rings (SSSR count). The molecule has 1 aromatic heterocycles. The van der Waals surface area contributed by atoms with Crippen molar-refractivity contribution in [2.45, 2.75) is 6.92 Å². The van der Waals surface area contributed by atoms with Crippen LogP contribution in [0, 0.1) is 0 Å². The summed E-state index contributed by atoms with van der Waals surface area (Å²) in [5.74, 6) is -0.129. The number of anilines is 2. The lowest BCUT2D eigenvalue weighted by Crippen LogP contribution is -2.36. The summed E-state index contributed by atoms with van der Waals surface area (Å²) in [6.45, 7) is 5.32. The molecule has 0 saturated heterocycles. The van der Waals surface area contributed by atoms with Gasteiger partial charge in [-0.2, -0.15) is 4.57 Å². The second kappa shape index (κ2) is 5.25. The van der Waals surface area contributed by atoms with E-state index < -0.39 is 0 Å². The number of carbonyl (C=O) groups is 1. The van der Waals surface area contributed by atoms with Crippen molar-refractivity contribution >= 4 is 34.9 Å². The van der Waals surface area contributed by atoms with Gasteiger partial charge in [0.25, 0.3) is 0 Å². The van der Waals surface area contributed by atoms with Crippen molar-refractivity contribution in [1.29, 1.82) is 0 Å². The normalized spacial score (nSPS) is 10.5. The molecule has 4 heteroatoms.